The Morgan fingerprint density at radius 1 is 1.03 bits per heavy atom. The number of rotatable bonds is 10. The Labute approximate surface area is 208 Å². The number of hydrogen-bond acceptors (Lipinski definition) is 5. The van der Waals surface area contributed by atoms with Gasteiger partial charge in [-0.1, -0.05) is 36.4 Å². The number of guanidine groups is 1. The van der Waals surface area contributed by atoms with Crippen molar-refractivity contribution in [2.75, 3.05) is 53.0 Å². The van der Waals surface area contributed by atoms with Crippen LogP contribution in [0.1, 0.15) is 18.1 Å². The van der Waals surface area contributed by atoms with Gasteiger partial charge in [-0.15, -0.1) is 24.0 Å². The largest absolute Gasteiger partial charge is 0.493 e. The van der Waals surface area contributed by atoms with Crippen LogP contribution in [0.3, 0.4) is 0 Å². The fourth-order valence-corrected chi connectivity index (χ4v) is 3.33. The van der Waals surface area contributed by atoms with Gasteiger partial charge in [0.1, 0.15) is 6.61 Å². The van der Waals surface area contributed by atoms with Crippen molar-refractivity contribution in [3.05, 3.63) is 59.7 Å². The molecule has 1 fully saturated rings. The molecule has 2 aromatic carbocycles. The normalized spacial score (nSPS) is 14.4. The fraction of sp³-hybridized carbons (Fsp3) is 0.458. The van der Waals surface area contributed by atoms with E-state index in [1.165, 1.54) is 0 Å². The molecule has 0 aliphatic carbocycles. The van der Waals surface area contributed by atoms with E-state index in [4.69, 9.17) is 19.2 Å². The first-order chi connectivity index (χ1) is 15.3. The minimum Gasteiger partial charge on any atom is -0.493 e. The lowest BCUT2D eigenvalue weighted by atomic mass is 10.2. The van der Waals surface area contributed by atoms with E-state index in [0.29, 0.717) is 18.9 Å². The summed E-state index contributed by atoms with van der Waals surface area (Å²) in [5.41, 5.74) is 2.19. The van der Waals surface area contributed by atoms with Crippen LogP contribution in [0.25, 0.3) is 0 Å². The molecule has 1 saturated heterocycles. The van der Waals surface area contributed by atoms with Gasteiger partial charge >= 0.3 is 0 Å². The van der Waals surface area contributed by atoms with Gasteiger partial charge in [-0.05, 0) is 30.2 Å². The summed E-state index contributed by atoms with van der Waals surface area (Å²) < 4.78 is 16.9. The zero-order valence-electron chi connectivity index (χ0n) is 19.0. The quantitative estimate of drug-likeness (QED) is 0.267. The number of nitrogens with zero attached hydrogens (tertiary/aromatic N) is 2. The zero-order valence-corrected chi connectivity index (χ0v) is 21.3. The monoisotopic (exact) mass is 554 g/mol. The van der Waals surface area contributed by atoms with Gasteiger partial charge in [0, 0.05) is 32.7 Å². The maximum atomic E-state index is 5.94. The van der Waals surface area contributed by atoms with Crippen LogP contribution in [0.2, 0.25) is 0 Å². The predicted octanol–water partition coefficient (Wildman–Crippen LogP) is 3.28. The van der Waals surface area contributed by atoms with Crippen molar-refractivity contribution in [2.24, 2.45) is 4.99 Å². The summed E-state index contributed by atoms with van der Waals surface area (Å²) >= 11 is 0. The number of morpholine rings is 1. The summed E-state index contributed by atoms with van der Waals surface area (Å²) in [6, 6.07) is 16.1. The molecule has 0 radical (unpaired) electrons. The third kappa shape index (κ3) is 8.84. The number of methoxy groups -OCH3 is 1. The highest BCUT2D eigenvalue weighted by atomic mass is 127. The summed E-state index contributed by atoms with van der Waals surface area (Å²) in [6.45, 7) is 9.41. The number of benzene rings is 2. The van der Waals surface area contributed by atoms with Crippen LogP contribution in [0, 0.1) is 0 Å². The van der Waals surface area contributed by atoms with E-state index in [-0.39, 0.29) is 24.0 Å². The molecule has 0 spiro atoms. The molecule has 0 bridgehead atoms. The van der Waals surface area contributed by atoms with E-state index >= 15 is 0 Å². The smallest absolute Gasteiger partial charge is 0.191 e. The second-order valence-electron chi connectivity index (χ2n) is 7.34. The van der Waals surface area contributed by atoms with Crippen LogP contribution in [-0.4, -0.2) is 63.9 Å². The molecule has 3 rings (SSSR count). The van der Waals surface area contributed by atoms with Gasteiger partial charge in [0.15, 0.2) is 17.5 Å². The molecule has 0 atom stereocenters. The number of ether oxygens (including phenoxy) is 3. The molecule has 32 heavy (non-hydrogen) atoms. The predicted molar refractivity (Wildman–Crippen MR) is 139 cm³/mol. The van der Waals surface area contributed by atoms with Crippen LogP contribution < -0.4 is 20.1 Å². The second-order valence-corrected chi connectivity index (χ2v) is 7.34. The Morgan fingerprint density at radius 3 is 2.53 bits per heavy atom. The summed E-state index contributed by atoms with van der Waals surface area (Å²) in [5.74, 6) is 2.27. The Balaban J connectivity index is 0.00000363. The molecular formula is C24H35IN4O3. The molecule has 0 saturated carbocycles. The van der Waals surface area contributed by atoms with E-state index < -0.39 is 0 Å². The Hall–Kier alpha value is -2.04. The van der Waals surface area contributed by atoms with Crippen molar-refractivity contribution in [1.82, 2.24) is 15.5 Å². The van der Waals surface area contributed by atoms with E-state index in [1.807, 2.05) is 48.5 Å². The maximum Gasteiger partial charge on any atom is 0.191 e. The minimum atomic E-state index is 0. The first-order valence-electron chi connectivity index (χ1n) is 10.9. The molecule has 0 unspecified atom stereocenters. The number of halogens is 1. The van der Waals surface area contributed by atoms with Gasteiger partial charge in [-0.25, -0.2) is 4.99 Å². The van der Waals surface area contributed by atoms with Gasteiger partial charge in [-0.3, -0.25) is 4.90 Å². The molecule has 2 aromatic rings. The molecule has 1 aliphatic heterocycles. The lowest BCUT2D eigenvalue weighted by Crippen LogP contribution is -2.44. The van der Waals surface area contributed by atoms with Crippen LogP contribution in [0.5, 0.6) is 11.5 Å². The molecule has 176 valence electrons. The van der Waals surface area contributed by atoms with Gasteiger partial charge in [0.25, 0.3) is 0 Å². The average molecular weight is 554 g/mol. The van der Waals surface area contributed by atoms with Gasteiger partial charge in [0.2, 0.25) is 0 Å². The first kappa shape index (κ1) is 26.2. The first-order valence-corrected chi connectivity index (χ1v) is 10.9. The molecule has 2 N–H and O–H groups in total. The van der Waals surface area contributed by atoms with Crippen LogP contribution >= 0.6 is 24.0 Å². The molecule has 1 aliphatic rings. The molecule has 0 amide bonds. The van der Waals surface area contributed by atoms with Crippen molar-refractivity contribution < 1.29 is 14.2 Å². The van der Waals surface area contributed by atoms with Gasteiger partial charge < -0.3 is 24.8 Å². The summed E-state index contributed by atoms with van der Waals surface area (Å²) in [7, 11) is 1.66. The minimum absolute atomic E-state index is 0. The summed E-state index contributed by atoms with van der Waals surface area (Å²) in [6.07, 6.45) is 0. The van der Waals surface area contributed by atoms with Gasteiger partial charge in [-0.2, -0.15) is 0 Å². The Bertz CT molecular complexity index is 814. The average Bonchev–Trinajstić information content (AvgIpc) is 2.82. The maximum absolute atomic E-state index is 5.94. The molecule has 0 aromatic heterocycles. The third-order valence-corrected chi connectivity index (χ3v) is 5.05. The molecule has 8 heteroatoms. The van der Waals surface area contributed by atoms with E-state index in [0.717, 1.165) is 68.8 Å². The Morgan fingerprint density at radius 2 is 1.81 bits per heavy atom. The van der Waals surface area contributed by atoms with Crippen molar-refractivity contribution in [3.8, 4) is 11.5 Å². The summed E-state index contributed by atoms with van der Waals surface area (Å²) in [5, 5.41) is 6.73. The SMILES string of the molecule is CCNC(=NCc1ccc(OCc2ccccc2)c(OC)c1)NCCN1CCOCC1.I. The van der Waals surface area contributed by atoms with Crippen LogP contribution in [-0.2, 0) is 17.9 Å². The lowest BCUT2D eigenvalue weighted by Gasteiger charge is -2.26. The van der Waals surface area contributed by atoms with Gasteiger partial charge in [0.05, 0.1) is 26.9 Å². The van der Waals surface area contributed by atoms with Crippen molar-refractivity contribution in [2.45, 2.75) is 20.1 Å². The standard InChI is InChI=1S/C24H34N4O3.HI/c1-3-25-24(26-11-12-28-13-15-30-16-14-28)27-18-21-9-10-22(23(17-21)29-2)31-19-20-7-5-4-6-8-20;/h4-10,17H,3,11-16,18-19H2,1-2H3,(H2,25,26,27);1H. The molecule has 7 nitrogen and oxygen atoms in total. The highest BCUT2D eigenvalue weighted by Crippen LogP contribution is 2.29. The zero-order chi connectivity index (χ0) is 21.7. The van der Waals surface area contributed by atoms with E-state index in [1.54, 1.807) is 7.11 Å². The fourth-order valence-electron chi connectivity index (χ4n) is 3.33. The van der Waals surface area contributed by atoms with Crippen LogP contribution in [0.15, 0.2) is 53.5 Å². The highest BCUT2D eigenvalue weighted by molar-refractivity contribution is 14.0. The van der Waals surface area contributed by atoms with Crippen molar-refractivity contribution >= 4 is 29.9 Å². The molecule has 1 heterocycles. The number of aliphatic imine (C=N–C) groups is 1. The topological polar surface area (TPSA) is 67.4 Å². The third-order valence-electron chi connectivity index (χ3n) is 5.05. The summed E-state index contributed by atoms with van der Waals surface area (Å²) in [4.78, 5) is 7.12. The van der Waals surface area contributed by atoms with E-state index in [2.05, 4.69) is 22.5 Å². The van der Waals surface area contributed by atoms with Crippen LogP contribution in [0.4, 0.5) is 0 Å². The van der Waals surface area contributed by atoms with E-state index in [9.17, 15) is 0 Å². The second kappa shape index (κ2) is 14.9. The van der Waals surface area contributed by atoms with Crippen molar-refractivity contribution in [3.63, 3.8) is 0 Å². The lowest BCUT2D eigenvalue weighted by molar-refractivity contribution is 0.0389. The molecular weight excluding hydrogens is 519 g/mol. The highest BCUT2D eigenvalue weighted by Gasteiger charge is 2.10. The Kier molecular flexibility index (Phi) is 12.2. The number of nitrogens with one attached hydrogen (secondary N) is 2. The number of hydrogen-bond donors (Lipinski definition) is 2. The van der Waals surface area contributed by atoms with Crippen molar-refractivity contribution in [1.29, 1.82) is 0 Å².